The van der Waals surface area contributed by atoms with Gasteiger partial charge in [-0.3, -0.25) is 4.79 Å². The molecular formula is C21H18O4S2. The third-order valence-corrected chi connectivity index (χ3v) is 5.60. The zero-order valence-corrected chi connectivity index (χ0v) is 16.6. The molecule has 0 saturated heterocycles. The normalized spacial score (nSPS) is 11.3. The van der Waals surface area contributed by atoms with E-state index in [1.54, 1.807) is 36.6 Å². The van der Waals surface area contributed by atoms with E-state index >= 15 is 0 Å². The summed E-state index contributed by atoms with van der Waals surface area (Å²) in [4.78, 5) is 26.2. The number of ketones is 1. The Balaban J connectivity index is 1.83. The molecule has 27 heavy (non-hydrogen) atoms. The minimum atomic E-state index is -0.416. The first-order chi connectivity index (χ1) is 13.1. The minimum absolute atomic E-state index is 0.0241. The monoisotopic (exact) mass is 398 g/mol. The number of carbonyl (C=O) groups excluding carboxylic acids is 2. The van der Waals surface area contributed by atoms with Gasteiger partial charge in [-0.15, -0.1) is 22.7 Å². The summed E-state index contributed by atoms with van der Waals surface area (Å²) in [7, 11) is 1.54. The molecule has 0 fully saturated rings. The molecule has 6 heteroatoms. The molecule has 138 valence electrons. The summed E-state index contributed by atoms with van der Waals surface area (Å²) in [6.07, 6.45) is 1.84. The third-order valence-electron chi connectivity index (χ3n) is 3.88. The van der Waals surface area contributed by atoms with Gasteiger partial charge in [-0.25, -0.2) is 4.79 Å². The van der Waals surface area contributed by atoms with Crippen molar-refractivity contribution < 1.29 is 19.1 Å². The van der Waals surface area contributed by atoms with Gasteiger partial charge in [0.25, 0.3) is 0 Å². The maximum absolute atomic E-state index is 12.8. The number of Topliss-reactive ketones (excluding diaryl/α,β-unsaturated/α-hetero) is 1. The second-order valence-corrected chi connectivity index (χ2v) is 7.64. The Morgan fingerprint density at radius 1 is 1.07 bits per heavy atom. The van der Waals surface area contributed by atoms with Crippen molar-refractivity contribution in [2.24, 2.45) is 0 Å². The second-order valence-electron chi connectivity index (χ2n) is 5.71. The predicted octanol–water partition coefficient (Wildman–Crippen LogP) is 5.30. The first-order valence-corrected chi connectivity index (χ1v) is 9.98. The fourth-order valence-corrected chi connectivity index (χ4v) is 3.90. The van der Waals surface area contributed by atoms with Gasteiger partial charge in [-0.1, -0.05) is 12.1 Å². The molecule has 0 saturated carbocycles. The van der Waals surface area contributed by atoms with E-state index in [1.807, 2.05) is 41.1 Å². The van der Waals surface area contributed by atoms with Crippen molar-refractivity contribution in [3.63, 3.8) is 0 Å². The molecule has 0 aliphatic carbocycles. The molecule has 3 aromatic rings. The van der Waals surface area contributed by atoms with Gasteiger partial charge in [-0.2, -0.15) is 0 Å². The maximum atomic E-state index is 12.8. The molecule has 0 atom stereocenters. The Morgan fingerprint density at radius 2 is 1.85 bits per heavy atom. The van der Waals surface area contributed by atoms with Crippen LogP contribution >= 0.6 is 22.7 Å². The number of methoxy groups -OCH3 is 1. The van der Waals surface area contributed by atoms with Crippen molar-refractivity contribution in [1.29, 1.82) is 0 Å². The average molecular weight is 399 g/mol. The zero-order chi connectivity index (χ0) is 19.2. The summed E-state index contributed by atoms with van der Waals surface area (Å²) in [5.74, 6) is 0.107. The number of ether oxygens (including phenoxy) is 2. The molecule has 0 N–H and O–H groups in total. The summed E-state index contributed by atoms with van der Waals surface area (Å²) in [5.41, 5.74) is 1.71. The van der Waals surface area contributed by atoms with Crippen molar-refractivity contribution >= 4 is 46.1 Å². The molecule has 0 amide bonds. The third kappa shape index (κ3) is 4.72. The van der Waals surface area contributed by atoms with Crippen molar-refractivity contribution in [3.8, 4) is 5.75 Å². The first kappa shape index (κ1) is 19.1. The van der Waals surface area contributed by atoms with E-state index in [0.29, 0.717) is 22.4 Å². The molecule has 0 aliphatic heterocycles. The fraction of sp³-hybridized carbons (Fsp3) is 0.143. The van der Waals surface area contributed by atoms with Crippen LogP contribution in [0.5, 0.6) is 5.75 Å². The van der Waals surface area contributed by atoms with Gasteiger partial charge in [0, 0.05) is 20.9 Å². The largest absolute Gasteiger partial charge is 0.496 e. The molecule has 2 aromatic heterocycles. The molecule has 2 heterocycles. The number of carbonyl (C=O) groups is 2. The Bertz CT molecular complexity index is 954. The highest BCUT2D eigenvalue weighted by molar-refractivity contribution is 7.12. The van der Waals surface area contributed by atoms with Crippen LogP contribution < -0.4 is 4.74 Å². The Morgan fingerprint density at radius 3 is 2.48 bits per heavy atom. The summed E-state index contributed by atoms with van der Waals surface area (Å²) in [5, 5.41) is 3.88. The SMILES string of the molecule is COc1ccc(C(C)=O)cc1COC(=O)/C(=C/c1cccs1)c1cccs1. The quantitative estimate of drug-likeness (QED) is 0.308. The van der Waals surface area contributed by atoms with Gasteiger partial charge in [0.05, 0.1) is 12.7 Å². The van der Waals surface area contributed by atoms with E-state index in [9.17, 15) is 9.59 Å². The lowest BCUT2D eigenvalue weighted by atomic mass is 10.1. The smallest absolute Gasteiger partial charge is 0.339 e. The van der Waals surface area contributed by atoms with Crippen molar-refractivity contribution in [2.45, 2.75) is 13.5 Å². The molecule has 4 nitrogen and oxygen atoms in total. The van der Waals surface area contributed by atoms with E-state index in [4.69, 9.17) is 9.47 Å². The van der Waals surface area contributed by atoms with Crippen LogP contribution in [-0.4, -0.2) is 18.9 Å². The molecular weight excluding hydrogens is 380 g/mol. The van der Waals surface area contributed by atoms with E-state index < -0.39 is 5.97 Å². The zero-order valence-electron chi connectivity index (χ0n) is 14.9. The van der Waals surface area contributed by atoms with Crippen molar-refractivity contribution in [1.82, 2.24) is 0 Å². The van der Waals surface area contributed by atoms with Gasteiger partial charge in [0.15, 0.2) is 5.78 Å². The van der Waals surface area contributed by atoms with Gasteiger partial charge in [-0.05, 0) is 54.1 Å². The molecule has 0 unspecified atom stereocenters. The summed E-state index contributed by atoms with van der Waals surface area (Å²) in [6, 6.07) is 12.8. The summed E-state index contributed by atoms with van der Waals surface area (Å²) in [6.45, 7) is 1.52. The number of benzene rings is 1. The van der Waals surface area contributed by atoms with Crippen LogP contribution in [0, 0.1) is 0 Å². The van der Waals surface area contributed by atoms with Crippen LogP contribution in [0.3, 0.4) is 0 Å². The van der Waals surface area contributed by atoms with Crippen molar-refractivity contribution in [2.75, 3.05) is 7.11 Å². The number of rotatable bonds is 7. The maximum Gasteiger partial charge on any atom is 0.339 e. The van der Waals surface area contributed by atoms with Gasteiger partial charge in [0.2, 0.25) is 0 Å². The predicted molar refractivity (Wildman–Crippen MR) is 109 cm³/mol. The topological polar surface area (TPSA) is 52.6 Å². The van der Waals surface area contributed by atoms with E-state index in [1.165, 1.54) is 18.3 Å². The molecule has 0 aliphatic rings. The molecule has 1 aromatic carbocycles. The molecule has 3 rings (SSSR count). The molecule has 0 bridgehead atoms. The minimum Gasteiger partial charge on any atom is -0.496 e. The second kappa shape index (κ2) is 8.79. The van der Waals surface area contributed by atoms with Crippen LogP contribution in [0.15, 0.2) is 53.2 Å². The highest BCUT2D eigenvalue weighted by Gasteiger charge is 2.17. The van der Waals surface area contributed by atoms with Gasteiger partial charge >= 0.3 is 5.97 Å². The van der Waals surface area contributed by atoms with Crippen LogP contribution in [-0.2, 0) is 16.1 Å². The Hall–Kier alpha value is -2.70. The number of hydrogen-bond acceptors (Lipinski definition) is 6. The Kier molecular flexibility index (Phi) is 6.21. The summed E-state index contributed by atoms with van der Waals surface area (Å²) >= 11 is 3.04. The fourth-order valence-electron chi connectivity index (χ4n) is 2.51. The van der Waals surface area contributed by atoms with E-state index in [0.717, 1.165) is 9.75 Å². The highest BCUT2D eigenvalue weighted by atomic mass is 32.1. The number of hydrogen-bond donors (Lipinski definition) is 0. The van der Waals surface area contributed by atoms with E-state index in [-0.39, 0.29) is 12.4 Å². The lowest BCUT2D eigenvalue weighted by Gasteiger charge is -2.11. The number of thiophene rings is 2. The standard InChI is InChI=1S/C21H18O4S2/c1-14(22)15-7-8-19(24-2)16(11-15)13-25-21(23)18(20-6-4-10-27-20)12-17-5-3-9-26-17/h3-12H,13H2,1-2H3/b18-12+. The van der Waals surface area contributed by atoms with Crippen LogP contribution in [0.2, 0.25) is 0 Å². The van der Waals surface area contributed by atoms with Crippen LogP contribution in [0.1, 0.15) is 32.6 Å². The number of esters is 1. The van der Waals surface area contributed by atoms with Gasteiger partial charge in [0.1, 0.15) is 12.4 Å². The molecule has 0 spiro atoms. The molecule has 0 radical (unpaired) electrons. The summed E-state index contributed by atoms with van der Waals surface area (Å²) < 4.78 is 10.9. The average Bonchev–Trinajstić information content (AvgIpc) is 3.37. The van der Waals surface area contributed by atoms with Crippen molar-refractivity contribution in [3.05, 3.63) is 74.1 Å². The van der Waals surface area contributed by atoms with Gasteiger partial charge < -0.3 is 9.47 Å². The van der Waals surface area contributed by atoms with Crippen LogP contribution in [0.25, 0.3) is 11.6 Å². The first-order valence-electron chi connectivity index (χ1n) is 8.22. The van der Waals surface area contributed by atoms with E-state index in [2.05, 4.69) is 0 Å². The van der Waals surface area contributed by atoms with Crippen LogP contribution in [0.4, 0.5) is 0 Å². The lowest BCUT2D eigenvalue weighted by molar-refractivity contribution is -0.137. The Labute approximate surface area is 165 Å². The lowest BCUT2D eigenvalue weighted by Crippen LogP contribution is -2.08. The highest BCUT2D eigenvalue weighted by Crippen LogP contribution is 2.27.